The van der Waals surface area contributed by atoms with Crippen molar-refractivity contribution in [1.29, 1.82) is 0 Å². The Morgan fingerprint density at radius 2 is 1.55 bits per heavy atom. The molecule has 20 heavy (non-hydrogen) atoms. The highest BCUT2D eigenvalue weighted by molar-refractivity contribution is 6.36. The Kier molecular flexibility index (Phi) is 4.74. The predicted molar refractivity (Wildman–Crippen MR) is 85.6 cm³/mol. The molecule has 0 aliphatic rings. The quantitative estimate of drug-likeness (QED) is 0.842. The van der Waals surface area contributed by atoms with Gasteiger partial charge in [0.25, 0.3) is 0 Å². The summed E-state index contributed by atoms with van der Waals surface area (Å²) in [5.74, 6) is 0. The van der Waals surface area contributed by atoms with Gasteiger partial charge in [-0.3, -0.25) is 0 Å². The molecule has 0 saturated carbocycles. The Bertz CT molecular complexity index is 568. The summed E-state index contributed by atoms with van der Waals surface area (Å²) in [7, 11) is 0. The lowest BCUT2D eigenvalue weighted by atomic mass is 9.88. The Balaban J connectivity index is 2.30. The highest BCUT2D eigenvalue weighted by Crippen LogP contribution is 2.32. The van der Waals surface area contributed by atoms with Crippen LogP contribution >= 0.6 is 23.2 Å². The predicted octanol–water partition coefficient (Wildman–Crippen LogP) is 5.01. The molecule has 2 aromatic rings. The van der Waals surface area contributed by atoms with Crippen LogP contribution in [0.3, 0.4) is 0 Å². The summed E-state index contributed by atoms with van der Waals surface area (Å²) in [6, 6.07) is 13.4. The van der Waals surface area contributed by atoms with Crippen LogP contribution in [0.2, 0.25) is 10.0 Å². The SMILES string of the molecule is CCc1ccc(C(C)(O)Cc2c(Cl)cccc2Cl)cc1. The van der Waals surface area contributed by atoms with Gasteiger partial charge < -0.3 is 5.11 Å². The van der Waals surface area contributed by atoms with Gasteiger partial charge in [0, 0.05) is 16.5 Å². The molecule has 3 heteroatoms. The van der Waals surface area contributed by atoms with E-state index in [0.717, 1.165) is 17.5 Å². The van der Waals surface area contributed by atoms with Gasteiger partial charge in [-0.2, -0.15) is 0 Å². The van der Waals surface area contributed by atoms with Crippen molar-refractivity contribution in [1.82, 2.24) is 0 Å². The highest BCUT2D eigenvalue weighted by atomic mass is 35.5. The van der Waals surface area contributed by atoms with E-state index in [-0.39, 0.29) is 0 Å². The first-order valence-corrected chi connectivity index (χ1v) is 7.44. The van der Waals surface area contributed by atoms with Crippen LogP contribution in [0.1, 0.15) is 30.5 Å². The average Bonchev–Trinajstić information content (AvgIpc) is 2.43. The fourth-order valence-electron chi connectivity index (χ4n) is 2.25. The fourth-order valence-corrected chi connectivity index (χ4v) is 2.78. The van der Waals surface area contributed by atoms with E-state index in [1.54, 1.807) is 25.1 Å². The first-order chi connectivity index (χ1) is 9.44. The lowest BCUT2D eigenvalue weighted by Crippen LogP contribution is -2.24. The largest absolute Gasteiger partial charge is 0.385 e. The lowest BCUT2D eigenvalue weighted by molar-refractivity contribution is 0.0576. The van der Waals surface area contributed by atoms with Crippen molar-refractivity contribution < 1.29 is 5.11 Å². The van der Waals surface area contributed by atoms with Crippen molar-refractivity contribution in [2.45, 2.75) is 32.3 Å². The number of benzene rings is 2. The number of aryl methyl sites for hydroxylation is 1. The van der Waals surface area contributed by atoms with Crippen molar-refractivity contribution in [2.24, 2.45) is 0 Å². The minimum absolute atomic E-state index is 0.386. The minimum Gasteiger partial charge on any atom is -0.385 e. The topological polar surface area (TPSA) is 20.2 Å². The number of hydrogen-bond donors (Lipinski definition) is 1. The van der Waals surface area contributed by atoms with Gasteiger partial charge in [-0.05, 0) is 42.2 Å². The smallest absolute Gasteiger partial charge is 0.0909 e. The molecule has 0 spiro atoms. The molecule has 2 aromatic carbocycles. The lowest BCUT2D eigenvalue weighted by Gasteiger charge is -2.25. The summed E-state index contributed by atoms with van der Waals surface area (Å²) in [5.41, 5.74) is 1.90. The minimum atomic E-state index is -0.999. The Morgan fingerprint density at radius 1 is 1.00 bits per heavy atom. The standard InChI is InChI=1S/C17H18Cl2O/c1-3-12-7-9-13(10-8-12)17(2,20)11-14-15(18)5-4-6-16(14)19/h4-10,20H,3,11H2,1-2H3. The number of aliphatic hydroxyl groups is 1. The summed E-state index contributed by atoms with van der Waals surface area (Å²) in [5, 5.41) is 11.9. The molecule has 1 nitrogen and oxygen atoms in total. The van der Waals surface area contributed by atoms with Crippen LogP contribution < -0.4 is 0 Å². The van der Waals surface area contributed by atoms with Crippen LogP contribution in [-0.4, -0.2) is 5.11 Å². The molecule has 0 saturated heterocycles. The van der Waals surface area contributed by atoms with Crippen LogP contribution in [0.25, 0.3) is 0 Å². The molecule has 0 fully saturated rings. The second-order valence-electron chi connectivity index (χ2n) is 5.20. The molecule has 0 aliphatic carbocycles. The molecule has 0 amide bonds. The zero-order valence-electron chi connectivity index (χ0n) is 11.7. The Hall–Kier alpha value is -1.02. The zero-order valence-corrected chi connectivity index (χ0v) is 13.2. The zero-order chi connectivity index (χ0) is 14.8. The highest BCUT2D eigenvalue weighted by Gasteiger charge is 2.25. The van der Waals surface area contributed by atoms with Gasteiger partial charge in [-0.15, -0.1) is 0 Å². The number of rotatable bonds is 4. The van der Waals surface area contributed by atoms with E-state index in [9.17, 15) is 5.11 Å². The maximum absolute atomic E-state index is 10.7. The van der Waals surface area contributed by atoms with Gasteiger partial charge in [0.05, 0.1) is 5.60 Å². The molecular weight excluding hydrogens is 291 g/mol. The first-order valence-electron chi connectivity index (χ1n) is 6.68. The molecule has 1 N–H and O–H groups in total. The van der Waals surface area contributed by atoms with Crippen molar-refractivity contribution in [3.05, 3.63) is 69.2 Å². The molecule has 2 rings (SSSR count). The van der Waals surface area contributed by atoms with Crippen LogP contribution in [-0.2, 0) is 18.4 Å². The van der Waals surface area contributed by atoms with E-state index in [2.05, 4.69) is 6.92 Å². The molecule has 1 unspecified atom stereocenters. The van der Waals surface area contributed by atoms with Gasteiger partial charge in [0.1, 0.15) is 0 Å². The maximum atomic E-state index is 10.7. The number of halogens is 2. The number of hydrogen-bond acceptors (Lipinski definition) is 1. The summed E-state index contributed by atoms with van der Waals surface area (Å²) >= 11 is 12.4. The van der Waals surface area contributed by atoms with Crippen molar-refractivity contribution in [3.63, 3.8) is 0 Å². The molecule has 0 aliphatic heterocycles. The van der Waals surface area contributed by atoms with Crippen LogP contribution in [0.15, 0.2) is 42.5 Å². The van der Waals surface area contributed by atoms with Gasteiger partial charge >= 0.3 is 0 Å². The maximum Gasteiger partial charge on any atom is 0.0909 e. The van der Waals surface area contributed by atoms with Crippen LogP contribution in [0.5, 0.6) is 0 Å². The van der Waals surface area contributed by atoms with E-state index in [0.29, 0.717) is 16.5 Å². The molecule has 106 valence electrons. The molecular formula is C17H18Cl2O. The third-order valence-electron chi connectivity index (χ3n) is 3.57. The fraction of sp³-hybridized carbons (Fsp3) is 0.294. The Morgan fingerprint density at radius 3 is 2.05 bits per heavy atom. The molecule has 0 radical (unpaired) electrons. The van der Waals surface area contributed by atoms with E-state index in [1.807, 2.05) is 24.3 Å². The van der Waals surface area contributed by atoms with Crippen molar-refractivity contribution in [2.75, 3.05) is 0 Å². The molecule has 1 atom stereocenters. The summed E-state index contributed by atoms with van der Waals surface area (Å²) in [4.78, 5) is 0. The summed E-state index contributed by atoms with van der Waals surface area (Å²) < 4.78 is 0. The molecule has 0 bridgehead atoms. The van der Waals surface area contributed by atoms with Crippen LogP contribution in [0.4, 0.5) is 0 Å². The van der Waals surface area contributed by atoms with E-state index >= 15 is 0 Å². The molecule has 0 heterocycles. The second-order valence-corrected chi connectivity index (χ2v) is 6.02. The summed E-state index contributed by atoms with van der Waals surface area (Å²) in [6.07, 6.45) is 1.37. The van der Waals surface area contributed by atoms with Gasteiger partial charge in [0.15, 0.2) is 0 Å². The van der Waals surface area contributed by atoms with Gasteiger partial charge in [-0.25, -0.2) is 0 Å². The van der Waals surface area contributed by atoms with E-state index in [1.165, 1.54) is 5.56 Å². The van der Waals surface area contributed by atoms with Crippen molar-refractivity contribution >= 4 is 23.2 Å². The monoisotopic (exact) mass is 308 g/mol. The van der Waals surface area contributed by atoms with Gasteiger partial charge in [0.2, 0.25) is 0 Å². The third-order valence-corrected chi connectivity index (χ3v) is 4.27. The van der Waals surface area contributed by atoms with Crippen LogP contribution in [0, 0.1) is 0 Å². The van der Waals surface area contributed by atoms with Gasteiger partial charge in [-0.1, -0.05) is 60.5 Å². The molecule has 0 aromatic heterocycles. The average molecular weight is 309 g/mol. The van der Waals surface area contributed by atoms with E-state index < -0.39 is 5.60 Å². The van der Waals surface area contributed by atoms with Crippen molar-refractivity contribution in [3.8, 4) is 0 Å². The summed E-state index contributed by atoms with van der Waals surface area (Å²) in [6.45, 7) is 3.89. The third kappa shape index (κ3) is 3.35. The first kappa shape index (κ1) is 15.4. The normalized spacial score (nSPS) is 14.1. The second kappa shape index (κ2) is 6.17. The van der Waals surface area contributed by atoms with E-state index in [4.69, 9.17) is 23.2 Å². The Labute approximate surface area is 130 Å².